The van der Waals surface area contributed by atoms with Gasteiger partial charge in [-0.25, -0.2) is 9.13 Å². The second-order valence-corrected chi connectivity index (χ2v) is 27.3. The molecule has 3 N–H and O–H groups in total. The molecule has 5 atom stereocenters. The lowest BCUT2D eigenvalue weighted by Gasteiger charge is -2.21. The van der Waals surface area contributed by atoms with E-state index in [0.717, 1.165) is 161 Å². The SMILES string of the molecule is CC/C=C\C/C=C\C/C=C\C/C=C\C/C=C\C/C=C\CCC(=O)OCC(COP(=O)(O)OCC(O)COP(=O)(O)OCC(COC(=O)CCCCCCC/C=C\C/C=C\C/C=C\CC)OC(=O)CCCCCCC/C=C\C/C=C\C/C=C\CC)OC(=O)C/C=C\C/C=C\C/C=C\C/C=C\C/C=C\CC. The van der Waals surface area contributed by atoms with Crippen molar-refractivity contribution in [1.29, 1.82) is 0 Å². The number of ether oxygens (including phenoxy) is 4. The average Bonchev–Trinajstić information content (AvgIpc) is 0.918. The molecular weight excluding hydrogens is 1350 g/mol. The number of unbranched alkanes of at least 4 members (excludes halogenated alkanes) is 10. The number of allylic oxidation sites excluding steroid dienone is 33. The third-order valence-electron chi connectivity index (χ3n) is 14.8. The number of esters is 4. The number of aliphatic hydroxyl groups excluding tert-OH is 1. The molecule has 0 spiro atoms. The summed E-state index contributed by atoms with van der Waals surface area (Å²) in [6.45, 7) is 4.13. The number of carbonyl (C=O) groups is 4. The number of hydrogen-bond acceptors (Lipinski definition) is 15. The maximum Gasteiger partial charge on any atom is 0.472 e. The van der Waals surface area contributed by atoms with E-state index in [9.17, 15) is 43.2 Å². The van der Waals surface area contributed by atoms with Gasteiger partial charge in [0.2, 0.25) is 0 Å². The maximum atomic E-state index is 13.1. The van der Waals surface area contributed by atoms with Gasteiger partial charge in [-0.2, -0.15) is 0 Å². The monoisotopic (exact) mass is 1490 g/mol. The van der Waals surface area contributed by atoms with E-state index >= 15 is 0 Å². The lowest BCUT2D eigenvalue weighted by Crippen LogP contribution is -2.30. The molecule has 17 nitrogen and oxygen atoms in total. The Balaban J connectivity index is 5.55. The van der Waals surface area contributed by atoms with Crippen LogP contribution in [0.5, 0.6) is 0 Å². The van der Waals surface area contributed by atoms with Gasteiger partial charge in [-0.3, -0.25) is 37.3 Å². The van der Waals surface area contributed by atoms with Crippen molar-refractivity contribution in [2.75, 3.05) is 39.6 Å². The first-order valence-corrected chi connectivity index (χ1v) is 41.3. The summed E-state index contributed by atoms with van der Waals surface area (Å²) in [5.74, 6) is -2.49. The van der Waals surface area contributed by atoms with Crippen LogP contribution < -0.4 is 0 Å². The summed E-state index contributed by atoms with van der Waals surface area (Å²) in [6.07, 6.45) is 93.0. The van der Waals surface area contributed by atoms with E-state index in [1.54, 1.807) is 12.2 Å². The van der Waals surface area contributed by atoms with Gasteiger partial charge in [0.1, 0.15) is 19.3 Å². The fourth-order valence-electron chi connectivity index (χ4n) is 9.11. The van der Waals surface area contributed by atoms with Crippen LogP contribution in [-0.2, 0) is 65.4 Å². The summed E-state index contributed by atoms with van der Waals surface area (Å²) in [6, 6.07) is 0. The van der Waals surface area contributed by atoms with Crippen molar-refractivity contribution in [3.8, 4) is 0 Å². The zero-order valence-electron chi connectivity index (χ0n) is 63.6. The Hall–Kier alpha value is -6.36. The van der Waals surface area contributed by atoms with Gasteiger partial charge < -0.3 is 33.8 Å². The molecule has 584 valence electrons. The number of rotatable bonds is 69. The van der Waals surface area contributed by atoms with E-state index < -0.39 is 97.5 Å². The van der Waals surface area contributed by atoms with Gasteiger partial charge in [0.15, 0.2) is 12.2 Å². The minimum absolute atomic E-state index is 0.00732. The normalized spacial score (nSPS) is 15.0. The molecule has 0 amide bonds. The highest BCUT2D eigenvalue weighted by atomic mass is 31.2. The minimum atomic E-state index is -5.03. The van der Waals surface area contributed by atoms with Crippen LogP contribution in [0, 0.1) is 0 Å². The molecule has 0 aliphatic heterocycles. The zero-order chi connectivity index (χ0) is 76.0. The molecule has 0 fully saturated rings. The third kappa shape index (κ3) is 73.9. The van der Waals surface area contributed by atoms with Crippen molar-refractivity contribution >= 4 is 39.5 Å². The number of hydrogen-bond donors (Lipinski definition) is 3. The van der Waals surface area contributed by atoms with Gasteiger partial charge in [0.05, 0.1) is 32.8 Å². The number of carbonyl (C=O) groups excluding carboxylic acids is 4. The van der Waals surface area contributed by atoms with Gasteiger partial charge in [0, 0.05) is 19.3 Å². The van der Waals surface area contributed by atoms with E-state index in [-0.39, 0.29) is 25.7 Å². The summed E-state index contributed by atoms with van der Waals surface area (Å²) < 4.78 is 68.3. The van der Waals surface area contributed by atoms with E-state index in [4.69, 9.17) is 37.0 Å². The lowest BCUT2D eigenvalue weighted by molar-refractivity contribution is -0.161. The van der Waals surface area contributed by atoms with Crippen LogP contribution >= 0.6 is 15.6 Å². The molecule has 19 heteroatoms. The smallest absolute Gasteiger partial charge is 0.462 e. The highest BCUT2D eigenvalue weighted by molar-refractivity contribution is 7.47. The molecule has 0 aromatic rings. The van der Waals surface area contributed by atoms with Crippen LogP contribution in [-0.4, -0.2) is 96.7 Å². The summed E-state index contributed by atoms with van der Waals surface area (Å²) in [7, 11) is -10.0. The van der Waals surface area contributed by atoms with Gasteiger partial charge in [-0.1, -0.05) is 273 Å². The van der Waals surface area contributed by atoms with Gasteiger partial charge >= 0.3 is 39.5 Å². The second kappa shape index (κ2) is 74.9. The first-order chi connectivity index (χ1) is 50.7. The summed E-state index contributed by atoms with van der Waals surface area (Å²) >= 11 is 0. The number of phosphoric acid groups is 2. The Morgan fingerprint density at radius 1 is 0.279 bits per heavy atom. The molecule has 0 saturated heterocycles. The van der Waals surface area contributed by atoms with Crippen LogP contribution in [0.25, 0.3) is 0 Å². The molecule has 0 rings (SSSR count). The molecule has 0 heterocycles. The summed E-state index contributed by atoms with van der Waals surface area (Å²) in [5.41, 5.74) is 0. The van der Waals surface area contributed by atoms with E-state index in [1.165, 1.54) is 0 Å². The molecule has 0 bridgehead atoms. The Labute approximate surface area is 627 Å². The molecule has 0 aromatic carbocycles. The molecular formula is C85H132O17P2. The van der Waals surface area contributed by atoms with Crippen molar-refractivity contribution < 1.29 is 80.2 Å². The molecule has 104 heavy (non-hydrogen) atoms. The van der Waals surface area contributed by atoms with Crippen molar-refractivity contribution in [3.05, 3.63) is 207 Å². The summed E-state index contributed by atoms with van der Waals surface area (Å²) in [4.78, 5) is 72.8. The van der Waals surface area contributed by atoms with Crippen LogP contribution in [0.1, 0.15) is 246 Å². The molecule has 0 radical (unpaired) electrons. The van der Waals surface area contributed by atoms with Crippen molar-refractivity contribution in [1.82, 2.24) is 0 Å². The van der Waals surface area contributed by atoms with Crippen LogP contribution in [0.4, 0.5) is 0 Å². The second-order valence-electron chi connectivity index (χ2n) is 24.4. The molecule has 0 aliphatic rings. The molecule has 5 unspecified atom stereocenters. The van der Waals surface area contributed by atoms with E-state index in [1.807, 2.05) is 30.4 Å². The Morgan fingerprint density at radius 2 is 0.529 bits per heavy atom. The van der Waals surface area contributed by atoms with Crippen LogP contribution in [0.3, 0.4) is 0 Å². The molecule has 0 saturated carbocycles. The van der Waals surface area contributed by atoms with Gasteiger partial charge in [-0.05, 0) is 154 Å². The highest BCUT2D eigenvalue weighted by Gasteiger charge is 2.30. The Bertz CT molecular complexity index is 2790. The quantitative estimate of drug-likeness (QED) is 0.0169. The van der Waals surface area contributed by atoms with Crippen molar-refractivity contribution in [3.63, 3.8) is 0 Å². The predicted molar refractivity (Wildman–Crippen MR) is 426 cm³/mol. The topological polar surface area (TPSA) is 237 Å². The van der Waals surface area contributed by atoms with Crippen molar-refractivity contribution in [2.24, 2.45) is 0 Å². The van der Waals surface area contributed by atoms with Crippen LogP contribution in [0.2, 0.25) is 0 Å². The lowest BCUT2D eigenvalue weighted by atomic mass is 10.1. The summed E-state index contributed by atoms with van der Waals surface area (Å²) in [5, 5.41) is 10.6. The zero-order valence-corrected chi connectivity index (χ0v) is 65.4. The first kappa shape index (κ1) is 97.6. The standard InChI is InChI=1S/C85H132O17P2/c1-5-9-13-17-21-25-29-33-37-38-39-40-44-46-50-54-58-62-66-70-83(88)96-76-81(102-85(90)72-68-64-60-56-52-48-43-36-32-28-24-20-16-12-8-4)78-100-104(93,94)98-74-79(86)73-97-103(91,92)99-77-80(101-84(89)71-67-63-59-55-51-47-42-35-31-27-23-19-15-11-7-3)75-95-82(87)69-65-61-57-53-49-45-41-34-30-26-22-18-14-10-6-2/h9-16,21-28,33-37,39-43,46,50,52,56,58,62,64,68,79-81,86H,5-8,17-20,29-32,38,44-45,47-49,51,53-55,57,59-61,63,65-67,69-78H2,1-4H3,(H,91,92)(H,93,94)/b13-9-,14-10-,15-11-,16-12-,25-21-,26-22-,27-23-,28-24-,37-33-,40-39-,41-34-,42-35-,43-36-,50-46-,56-52-,62-58-,68-64-. The third-order valence-corrected chi connectivity index (χ3v) is 16.7. The van der Waals surface area contributed by atoms with Crippen LogP contribution in [0.15, 0.2) is 207 Å². The maximum absolute atomic E-state index is 13.1. The molecule has 0 aromatic heterocycles. The number of phosphoric ester groups is 2. The first-order valence-electron chi connectivity index (χ1n) is 38.3. The fourth-order valence-corrected chi connectivity index (χ4v) is 10.7. The number of aliphatic hydroxyl groups is 1. The molecule has 0 aliphatic carbocycles. The Morgan fingerprint density at radius 3 is 0.865 bits per heavy atom. The average molecular weight is 1490 g/mol. The van der Waals surface area contributed by atoms with E-state index in [0.29, 0.717) is 32.1 Å². The minimum Gasteiger partial charge on any atom is -0.462 e. The fraction of sp³-hybridized carbons (Fsp3) is 0.553. The van der Waals surface area contributed by atoms with Gasteiger partial charge in [-0.15, -0.1) is 0 Å². The largest absolute Gasteiger partial charge is 0.472 e. The highest BCUT2D eigenvalue weighted by Crippen LogP contribution is 2.45. The van der Waals surface area contributed by atoms with E-state index in [2.05, 4.69) is 192 Å². The Kier molecular flexibility index (Phi) is 70.3. The van der Waals surface area contributed by atoms with Gasteiger partial charge in [0.25, 0.3) is 0 Å². The van der Waals surface area contributed by atoms with Crippen molar-refractivity contribution in [2.45, 2.75) is 264 Å². The predicted octanol–water partition coefficient (Wildman–Crippen LogP) is 22.3.